The minimum Gasteiger partial charge on any atom is -0.307 e. The van der Waals surface area contributed by atoms with Crippen molar-refractivity contribution in [3.8, 4) is 33.6 Å². The van der Waals surface area contributed by atoms with Crippen LogP contribution >= 0.6 is 0 Å². The molecule has 0 atom stereocenters. The van der Waals surface area contributed by atoms with Crippen LogP contribution in [0, 0.1) is 0 Å². The van der Waals surface area contributed by atoms with E-state index in [1.54, 1.807) is 0 Å². The van der Waals surface area contributed by atoms with E-state index in [-0.39, 0.29) is 0 Å². The van der Waals surface area contributed by atoms with E-state index >= 15 is 0 Å². The zero-order valence-electron chi connectivity index (χ0n) is 34.6. The fourth-order valence-electron chi connectivity index (χ4n) is 10.3. The molecule has 0 radical (unpaired) electrons. The van der Waals surface area contributed by atoms with Gasteiger partial charge in [0.25, 0.3) is 0 Å². The summed E-state index contributed by atoms with van der Waals surface area (Å²) in [6, 6.07) is 94.3. The highest BCUT2D eigenvalue weighted by molar-refractivity contribution is 7.20. The lowest BCUT2D eigenvalue weighted by molar-refractivity contribution is 1.13. The predicted molar refractivity (Wildman–Crippen MR) is 270 cm³/mol. The van der Waals surface area contributed by atoms with E-state index in [0.717, 1.165) is 11.4 Å². The van der Waals surface area contributed by atoms with Crippen molar-refractivity contribution < 1.29 is 0 Å². The molecule has 0 fully saturated rings. The summed E-state index contributed by atoms with van der Waals surface area (Å²) in [5.74, 6) is 0. The molecule has 63 heavy (non-hydrogen) atoms. The third-order valence-corrected chi connectivity index (χ3v) is 17.9. The van der Waals surface area contributed by atoms with Gasteiger partial charge >= 0.3 is 0 Å². The number of hydrogen-bond donors (Lipinski definition) is 0. The first kappa shape index (κ1) is 36.8. The lowest BCUT2D eigenvalue weighted by Crippen LogP contribution is -2.75. The predicted octanol–water partition coefficient (Wildman–Crippen LogP) is 12.6. The van der Waals surface area contributed by atoms with Gasteiger partial charge in [0.15, 0.2) is 8.07 Å². The van der Waals surface area contributed by atoms with Crippen LogP contribution in [0.15, 0.2) is 255 Å². The van der Waals surface area contributed by atoms with Gasteiger partial charge in [0, 0.05) is 27.2 Å². The van der Waals surface area contributed by atoms with Crippen molar-refractivity contribution in [1.82, 2.24) is 9.13 Å². The summed E-state index contributed by atoms with van der Waals surface area (Å²) in [6.07, 6.45) is 0. The molecule has 0 unspecified atom stereocenters. The Bertz CT molecular complexity index is 3480. The van der Waals surface area contributed by atoms with Gasteiger partial charge in [0.1, 0.15) is 0 Å². The number of hydrogen-bond acceptors (Lipinski definition) is 0. The molecular weight excluding hydrogens is 777 g/mol. The number of rotatable bonds is 8. The quantitative estimate of drug-likeness (QED) is 0.107. The summed E-state index contributed by atoms with van der Waals surface area (Å²) in [5, 5.41) is 10.4. The van der Waals surface area contributed by atoms with Crippen molar-refractivity contribution in [3.05, 3.63) is 255 Å². The van der Waals surface area contributed by atoms with E-state index in [0.29, 0.717) is 0 Å². The first-order chi connectivity index (χ1) is 31.3. The van der Waals surface area contributed by atoms with E-state index in [1.165, 1.54) is 86.6 Å². The highest BCUT2D eigenvalue weighted by Crippen LogP contribution is 2.40. The summed E-state index contributed by atoms with van der Waals surface area (Å²) in [5.41, 5.74) is 11.9. The Morgan fingerprint density at radius 1 is 0.254 bits per heavy atom. The molecule has 0 aliphatic carbocycles. The second-order valence-electron chi connectivity index (χ2n) is 16.4. The average Bonchev–Trinajstić information content (AvgIpc) is 3.89. The molecule has 2 aromatic heterocycles. The van der Waals surface area contributed by atoms with Gasteiger partial charge < -0.3 is 9.13 Å². The molecular formula is C60H42N2Si. The number of nitrogens with zero attached hydrogens (tertiary/aromatic N) is 2. The molecule has 0 saturated heterocycles. The summed E-state index contributed by atoms with van der Waals surface area (Å²) in [6.45, 7) is 0. The smallest absolute Gasteiger partial charge is 0.181 e. The van der Waals surface area contributed by atoms with Crippen LogP contribution in [-0.4, -0.2) is 17.2 Å². The van der Waals surface area contributed by atoms with Crippen molar-refractivity contribution >= 4 is 72.4 Å². The molecule has 0 spiro atoms. The molecule has 296 valence electrons. The average molecular weight is 819 g/mol. The number of benzene rings is 10. The van der Waals surface area contributed by atoms with E-state index < -0.39 is 8.07 Å². The highest BCUT2D eigenvalue weighted by atomic mass is 28.3. The van der Waals surface area contributed by atoms with Gasteiger partial charge in [-0.2, -0.15) is 0 Å². The Balaban J connectivity index is 1.14. The van der Waals surface area contributed by atoms with E-state index in [4.69, 9.17) is 0 Å². The number of para-hydroxylation sites is 4. The van der Waals surface area contributed by atoms with Gasteiger partial charge in [-0.1, -0.05) is 224 Å². The van der Waals surface area contributed by atoms with Crippen molar-refractivity contribution in [1.29, 1.82) is 0 Å². The molecule has 0 aliphatic heterocycles. The van der Waals surface area contributed by atoms with Crippen LogP contribution in [0.3, 0.4) is 0 Å². The van der Waals surface area contributed by atoms with Crippen LogP contribution in [0.25, 0.3) is 77.2 Å². The summed E-state index contributed by atoms with van der Waals surface area (Å²) in [4.78, 5) is 0. The third kappa shape index (κ3) is 5.85. The SMILES string of the molecule is c1ccc(-c2ccc(-c3ccc(-n4c5ccccc5c5cccc(-n6c7ccccc7c7cccc([Si](c8ccccc8)(c8ccccc8)c8ccccc8)c76)c54)cc3)cc2)cc1. The minimum atomic E-state index is -2.96. The van der Waals surface area contributed by atoms with Gasteiger partial charge in [-0.3, -0.25) is 0 Å². The maximum atomic E-state index is 2.59. The zero-order valence-corrected chi connectivity index (χ0v) is 35.6. The van der Waals surface area contributed by atoms with Crippen molar-refractivity contribution in [2.24, 2.45) is 0 Å². The normalized spacial score (nSPS) is 11.8. The van der Waals surface area contributed by atoms with Crippen LogP contribution in [0.1, 0.15) is 0 Å². The zero-order chi connectivity index (χ0) is 41.7. The van der Waals surface area contributed by atoms with Crippen LogP contribution in [0.2, 0.25) is 0 Å². The number of aromatic nitrogens is 2. The largest absolute Gasteiger partial charge is 0.307 e. The van der Waals surface area contributed by atoms with Gasteiger partial charge in [-0.25, -0.2) is 0 Å². The molecule has 0 amide bonds. The Hall–Kier alpha value is -7.98. The van der Waals surface area contributed by atoms with Crippen LogP contribution in [0.5, 0.6) is 0 Å². The topological polar surface area (TPSA) is 9.86 Å². The molecule has 10 aromatic carbocycles. The fourth-order valence-corrected chi connectivity index (χ4v) is 15.3. The summed E-state index contributed by atoms with van der Waals surface area (Å²) < 4.78 is 5.08. The third-order valence-electron chi connectivity index (χ3n) is 13.1. The summed E-state index contributed by atoms with van der Waals surface area (Å²) >= 11 is 0. The molecule has 3 heteroatoms. The van der Waals surface area contributed by atoms with Crippen LogP contribution < -0.4 is 20.7 Å². The molecule has 0 saturated carbocycles. The monoisotopic (exact) mass is 818 g/mol. The lowest BCUT2D eigenvalue weighted by Gasteiger charge is -2.35. The van der Waals surface area contributed by atoms with Crippen molar-refractivity contribution in [3.63, 3.8) is 0 Å². The second-order valence-corrected chi connectivity index (χ2v) is 20.2. The van der Waals surface area contributed by atoms with E-state index in [1.807, 2.05) is 0 Å². The Kier molecular flexibility index (Phi) is 8.87. The molecule has 12 rings (SSSR count). The molecule has 12 aromatic rings. The van der Waals surface area contributed by atoms with Crippen molar-refractivity contribution in [2.75, 3.05) is 0 Å². The maximum absolute atomic E-state index is 2.96. The van der Waals surface area contributed by atoms with E-state index in [2.05, 4.69) is 264 Å². The Labute approximate surface area is 368 Å². The lowest BCUT2D eigenvalue weighted by atomic mass is 10.0. The van der Waals surface area contributed by atoms with Gasteiger partial charge in [0.05, 0.1) is 27.8 Å². The molecule has 0 bridgehead atoms. The summed E-state index contributed by atoms with van der Waals surface area (Å²) in [7, 11) is -2.96. The Morgan fingerprint density at radius 3 is 1.16 bits per heavy atom. The van der Waals surface area contributed by atoms with Crippen LogP contribution in [-0.2, 0) is 0 Å². The minimum absolute atomic E-state index is 1.13. The highest BCUT2D eigenvalue weighted by Gasteiger charge is 2.43. The van der Waals surface area contributed by atoms with Crippen LogP contribution in [0.4, 0.5) is 0 Å². The maximum Gasteiger partial charge on any atom is 0.181 e. The molecule has 2 nitrogen and oxygen atoms in total. The van der Waals surface area contributed by atoms with Gasteiger partial charge in [-0.05, 0) is 73.3 Å². The second kappa shape index (κ2) is 15.2. The number of fused-ring (bicyclic) bond motifs is 6. The van der Waals surface area contributed by atoms with Gasteiger partial charge in [-0.15, -0.1) is 0 Å². The fraction of sp³-hybridized carbons (Fsp3) is 0. The van der Waals surface area contributed by atoms with Crippen molar-refractivity contribution in [2.45, 2.75) is 0 Å². The molecule has 0 N–H and O–H groups in total. The van der Waals surface area contributed by atoms with Gasteiger partial charge in [0.2, 0.25) is 0 Å². The van der Waals surface area contributed by atoms with E-state index in [9.17, 15) is 0 Å². The standard InChI is InChI=1S/C60H42N2Si/c1-5-19-43(20-6-1)44-35-37-45(38-36-44)46-39-41-47(42-40-46)61-55-31-15-13-27-51(55)53-29-17-33-57(59(53)61)62-56-32-16-14-28-52(56)54-30-18-34-58(60(54)62)63(48-21-7-2-8-22-48,49-23-9-3-10-24-49)50-25-11-4-12-26-50/h1-42H. The Morgan fingerprint density at radius 2 is 0.635 bits per heavy atom. The molecule has 0 aliphatic rings. The first-order valence-corrected chi connectivity index (χ1v) is 23.8. The molecule has 2 heterocycles. The first-order valence-electron chi connectivity index (χ1n) is 21.8.